The molecule has 1 aliphatic heterocycles. The second-order valence-corrected chi connectivity index (χ2v) is 9.50. The van der Waals surface area contributed by atoms with Crippen molar-refractivity contribution in [2.75, 3.05) is 31.6 Å². The molecule has 1 fully saturated rings. The number of nitro groups is 2. The molecule has 2 N–H and O–H groups in total. The lowest BCUT2D eigenvalue weighted by Gasteiger charge is -2.34. The van der Waals surface area contributed by atoms with Crippen LogP contribution in [0.1, 0.15) is 18.4 Å². The number of hydrogen-bond donors (Lipinski definition) is 2. The van der Waals surface area contributed by atoms with E-state index in [2.05, 4.69) is 15.4 Å². The Balaban J connectivity index is 1.74. The number of rotatable bonds is 12. The van der Waals surface area contributed by atoms with Crippen molar-refractivity contribution in [1.82, 2.24) is 19.8 Å². The van der Waals surface area contributed by atoms with Gasteiger partial charge in [-0.1, -0.05) is 6.07 Å². The number of likely N-dealkylation sites (N-methyl/N-ethyl adjacent to an activating group) is 1. The van der Waals surface area contributed by atoms with Crippen LogP contribution in [-0.2, 0) is 12.1 Å². The molecule has 2 aromatic carbocycles. The molecule has 0 radical (unpaired) electrons. The highest BCUT2D eigenvalue weighted by molar-refractivity contribution is 5.71. The third kappa shape index (κ3) is 6.31. The molecule has 2 heterocycles. The standard InChI is InChI=1S/C23H25F2N9O8/c1-29(11-23(36,12-30-14-26-13-27-30)17-5-4-15(24)7-18(17)25)19-9-22(21(33(39)40)8-20(19)32(37)38)42-28-34(41)31-6-2-3-16(31)10-35/h4-5,7-9,13-14,16,35-36H,2-3,6,10-12H2,1H3/b34-28-/t16-,23?/m1/s1. The maximum absolute atomic E-state index is 14.9. The van der Waals surface area contributed by atoms with Crippen molar-refractivity contribution in [2.24, 2.45) is 5.28 Å². The minimum Gasteiger partial charge on any atom is -0.569 e. The first-order valence-electron chi connectivity index (χ1n) is 12.3. The van der Waals surface area contributed by atoms with E-state index in [1.54, 1.807) is 0 Å². The third-order valence-corrected chi connectivity index (χ3v) is 6.67. The first kappa shape index (κ1) is 29.9. The van der Waals surface area contributed by atoms with Crippen LogP contribution in [0.3, 0.4) is 0 Å². The highest BCUT2D eigenvalue weighted by Gasteiger charge is 2.38. The molecule has 1 saturated heterocycles. The van der Waals surface area contributed by atoms with E-state index < -0.39 is 63.3 Å². The zero-order valence-electron chi connectivity index (χ0n) is 22.0. The average Bonchev–Trinajstić information content (AvgIpc) is 3.62. The summed E-state index contributed by atoms with van der Waals surface area (Å²) in [4.78, 5) is 31.7. The third-order valence-electron chi connectivity index (χ3n) is 6.67. The molecule has 1 aliphatic rings. The fourth-order valence-corrected chi connectivity index (χ4v) is 4.72. The summed E-state index contributed by atoms with van der Waals surface area (Å²) in [5, 5.41) is 65.5. The number of nitro benzene ring substituents is 2. The maximum Gasteiger partial charge on any atom is 0.321 e. The van der Waals surface area contributed by atoms with Crippen LogP contribution >= 0.6 is 0 Å². The number of aliphatic hydroxyl groups is 2. The first-order valence-corrected chi connectivity index (χ1v) is 12.3. The molecule has 0 amide bonds. The van der Waals surface area contributed by atoms with Crippen molar-refractivity contribution in [1.29, 1.82) is 0 Å². The van der Waals surface area contributed by atoms with Crippen LogP contribution < -0.4 is 9.74 Å². The lowest BCUT2D eigenvalue weighted by Crippen LogP contribution is -2.43. The van der Waals surface area contributed by atoms with E-state index in [1.165, 1.54) is 13.4 Å². The smallest absolute Gasteiger partial charge is 0.321 e. The Morgan fingerprint density at radius 3 is 2.55 bits per heavy atom. The minimum absolute atomic E-state index is 0.0244. The fraction of sp³-hybridized carbons (Fsp3) is 0.391. The highest BCUT2D eigenvalue weighted by atomic mass is 19.1. The summed E-state index contributed by atoms with van der Waals surface area (Å²) in [7, 11) is 1.28. The molecule has 0 saturated carbocycles. The van der Waals surface area contributed by atoms with E-state index in [0.29, 0.717) is 25.0 Å². The quantitative estimate of drug-likeness (QED) is 0.134. The van der Waals surface area contributed by atoms with Crippen LogP contribution in [0.25, 0.3) is 0 Å². The van der Waals surface area contributed by atoms with Crippen molar-refractivity contribution >= 4 is 17.1 Å². The van der Waals surface area contributed by atoms with Crippen molar-refractivity contribution in [3.8, 4) is 5.75 Å². The van der Waals surface area contributed by atoms with E-state index in [9.17, 15) is 44.4 Å². The SMILES string of the molecule is CN(CC(O)(Cn1cncn1)c1ccc(F)cc1F)c1cc(O/N=[N+](\[O-])N2CCC[C@@H]2CO)c([N+](=O)[O-])cc1[N+](=O)[O-]. The molecular formula is C23H25F2N9O8. The number of hydrazine groups is 1. The number of aliphatic hydroxyl groups excluding tert-OH is 1. The van der Waals surface area contributed by atoms with Gasteiger partial charge in [-0.15, -0.1) is 5.01 Å². The summed E-state index contributed by atoms with van der Waals surface area (Å²) in [5.74, 6) is -2.66. The molecule has 0 bridgehead atoms. The fourth-order valence-electron chi connectivity index (χ4n) is 4.72. The first-order chi connectivity index (χ1) is 19.9. The van der Waals surface area contributed by atoms with Crippen LogP contribution in [0.4, 0.5) is 25.8 Å². The summed E-state index contributed by atoms with van der Waals surface area (Å²) in [6.07, 6.45) is 3.47. The van der Waals surface area contributed by atoms with Gasteiger partial charge in [0.05, 0.1) is 41.1 Å². The normalized spacial score (nSPS) is 16.7. The highest BCUT2D eigenvalue weighted by Crippen LogP contribution is 2.40. The Hall–Kier alpha value is -5.04. The molecule has 0 aliphatic carbocycles. The summed E-state index contributed by atoms with van der Waals surface area (Å²) in [6, 6.07) is 3.40. The average molecular weight is 594 g/mol. The van der Waals surface area contributed by atoms with Gasteiger partial charge in [0.2, 0.25) is 11.0 Å². The van der Waals surface area contributed by atoms with Crippen molar-refractivity contribution < 1.29 is 38.6 Å². The molecule has 42 heavy (non-hydrogen) atoms. The van der Waals surface area contributed by atoms with Gasteiger partial charge in [0.1, 0.15) is 47.7 Å². The molecule has 1 aromatic heterocycles. The molecule has 0 spiro atoms. The van der Waals surface area contributed by atoms with E-state index in [-0.39, 0.29) is 29.4 Å². The number of anilines is 1. The van der Waals surface area contributed by atoms with Gasteiger partial charge in [-0.25, -0.2) is 18.4 Å². The zero-order valence-corrected chi connectivity index (χ0v) is 22.0. The van der Waals surface area contributed by atoms with Gasteiger partial charge >= 0.3 is 5.69 Å². The largest absolute Gasteiger partial charge is 0.569 e. The Morgan fingerprint density at radius 1 is 1.19 bits per heavy atom. The van der Waals surface area contributed by atoms with Crippen LogP contribution in [0.15, 0.2) is 48.3 Å². The number of halogens is 2. The van der Waals surface area contributed by atoms with Gasteiger partial charge in [0.15, 0.2) is 0 Å². The molecule has 17 nitrogen and oxygen atoms in total. The molecule has 2 atom stereocenters. The van der Waals surface area contributed by atoms with Crippen LogP contribution in [0.5, 0.6) is 5.75 Å². The summed E-state index contributed by atoms with van der Waals surface area (Å²) in [6.45, 7) is -1.11. The molecule has 224 valence electrons. The Morgan fingerprint density at radius 2 is 1.93 bits per heavy atom. The summed E-state index contributed by atoms with van der Waals surface area (Å²) >= 11 is 0. The van der Waals surface area contributed by atoms with Crippen LogP contribution in [0.2, 0.25) is 0 Å². The lowest BCUT2D eigenvalue weighted by atomic mass is 9.92. The van der Waals surface area contributed by atoms with E-state index >= 15 is 0 Å². The van der Waals surface area contributed by atoms with Gasteiger partial charge in [0.25, 0.3) is 5.69 Å². The number of benzene rings is 2. The monoisotopic (exact) mass is 593 g/mol. The van der Waals surface area contributed by atoms with Crippen molar-refractivity contribution in [2.45, 2.75) is 31.0 Å². The van der Waals surface area contributed by atoms with E-state index in [4.69, 9.17) is 4.84 Å². The predicted octanol–water partition coefficient (Wildman–Crippen LogP) is 2.02. The maximum atomic E-state index is 14.9. The second-order valence-electron chi connectivity index (χ2n) is 9.50. The van der Waals surface area contributed by atoms with Gasteiger partial charge in [-0.2, -0.15) is 5.10 Å². The van der Waals surface area contributed by atoms with Gasteiger partial charge < -0.3 is 20.3 Å². The topological polar surface area (TPSA) is 212 Å². The molecule has 1 unspecified atom stereocenters. The van der Waals surface area contributed by atoms with Crippen molar-refractivity contribution in [3.05, 3.63) is 85.6 Å². The predicted molar refractivity (Wildman–Crippen MR) is 137 cm³/mol. The Labute approximate surface area is 235 Å². The number of hydrogen-bond acceptors (Lipinski definition) is 12. The molecule has 4 rings (SSSR count). The zero-order chi connectivity index (χ0) is 30.6. The van der Waals surface area contributed by atoms with E-state index in [1.807, 2.05) is 0 Å². The number of aromatic nitrogens is 3. The lowest BCUT2D eigenvalue weighted by molar-refractivity contribution is -0.711. The van der Waals surface area contributed by atoms with Crippen LogP contribution in [-0.4, -0.2) is 77.6 Å². The van der Waals surface area contributed by atoms with Gasteiger partial charge in [-0.05, 0) is 18.9 Å². The van der Waals surface area contributed by atoms with E-state index in [0.717, 1.165) is 39.1 Å². The minimum atomic E-state index is -2.19. The molecule has 19 heteroatoms. The Bertz CT molecular complexity index is 1490. The summed E-state index contributed by atoms with van der Waals surface area (Å²) in [5.41, 5.74) is -4.56. The Kier molecular flexibility index (Phi) is 8.71. The molecule has 3 aromatic rings. The molecular weight excluding hydrogens is 568 g/mol. The van der Waals surface area contributed by atoms with Crippen LogP contribution in [0, 0.1) is 37.1 Å². The van der Waals surface area contributed by atoms with Crippen molar-refractivity contribution in [3.63, 3.8) is 0 Å². The van der Waals surface area contributed by atoms with Gasteiger partial charge in [-0.3, -0.25) is 25.1 Å². The van der Waals surface area contributed by atoms with Gasteiger partial charge in [0, 0.05) is 24.7 Å². The summed E-state index contributed by atoms with van der Waals surface area (Å²) < 4.78 is 29.7. The second kappa shape index (κ2) is 12.2. The number of nitrogens with zero attached hydrogens (tertiary/aromatic N) is 9.